The molecule has 256 valence electrons. The molecule has 0 saturated heterocycles. The number of hydrogen-bond donors (Lipinski definition) is 1. The maximum absolute atomic E-state index is 2.59. The molecule has 51 heavy (non-hydrogen) atoms. The average Bonchev–Trinajstić information content (AvgIpc) is 3.78. The van der Waals surface area contributed by atoms with Crippen LogP contribution in [0.1, 0.15) is 78.0 Å². The van der Waals surface area contributed by atoms with Crippen molar-refractivity contribution in [1.29, 1.82) is 0 Å². The lowest BCUT2D eigenvalue weighted by Crippen LogP contribution is -2.24. The van der Waals surface area contributed by atoms with E-state index in [0.29, 0.717) is 0 Å². The van der Waals surface area contributed by atoms with Gasteiger partial charge in [-0.2, -0.15) is 10.9 Å². The molecular weight excluding hydrogens is 673 g/mol. The fourth-order valence-electron chi connectivity index (χ4n) is 8.31. The second-order valence-electron chi connectivity index (χ2n) is 16.9. The molecular formula is C48H46S3. The summed E-state index contributed by atoms with van der Waals surface area (Å²) in [6.07, 6.45) is 2.24. The van der Waals surface area contributed by atoms with E-state index in [0.717, 1.165) is 12.8 Å². The Labute approximate surface area is 313 Å². The van der Waals surface area contributed by atoms with Crippen LogP contribution in [-0.2, 0) is 16.2 Å². The molecule has 0 saturated carbocycles. The third-order valence-corrected chi connectivity index (χ3v) is 16.3. The third kappa shape index (κ3) is 5.47. The maximum atomic E-state index is 2.59. The predicted molar refractivity (Wildman–Crippen MR) is 228 cm³/mol. The van der Waals surface area contributed by atoms with Gasteiger partial charge in [-0.15, -0.1) is 22.7 Å². The van der Waals surface area contributed by atoms with Gasteiger partial charge < -0.3 is 0 Å². The van der Waals surface area contributed by atoms with Crippen LogP contribution in [0.5, 0.6) is 0 Å². The summed E-state index contributed by atoms with van der Waals surface area (Å²) in [5.74, 6) is 0. The van der Waals surface area contributed by atoms with Gasteiger partial charge in [-0.1, -0.05) is 121 Å². The fourth-order valence-corrected chi connectivity index (χ4v) is 13.3. The molecule has 2 aromatic heterocycles. The Hall–Kier alpha value is -3.89. The second-order valence-corrected chi connectivity index (χ2v) is 21.2. The number of benzene rings is 6. The number of hydrogen-bond acceptors (Lipinski definition) is 2. The Morgan fingerprint density at radius 2 is 1.12 bits per heavy atom. The first kappa shape index (κ1) is 33.0. The molecule has 0 amide bonds. The minimum atomic E-state index is -0.655. The molecule has 3 heterocycles. The lowest BCUT2D eigenvalue weighted by Gasteiger charge is -2.33. The van der Waals surface area contributed by atoms with E-state index < -0.39 is 10.9 Å². The Morgan fingerprint density at radius 3 is 1.92 bits per heavy atom. The highest BCUT2D eigenvalue weighted by Gasteiger charge is 2.32. The van der Waals surface area contributed by atoms with E-state index in [9.17, 15) is 0 Å². The minimum absolute atomic E-state index is 0.0417. The van der Waals surface area contributed by atoms with Crippen LogP contribution in [0.2, 0.25) is 0 Å². The molecule has 1 aliphatic heterocycles. The van der Waals surface area contributed by atoms with Crippen LogP contribution in [0.4, 0.5) is 0 Å². The standard InChI is InChI=1S/C48H46S3/c1-46(2,3)38-15-12-17-41-45(38)36-23-21-32(29-42(36)50-41)51-43-18-11-9-14-34(43)35-22-19-31(28-44(35)51)48(6,7)26-25-47(4,5)30-20-24-40-37(27-30)33-13-8-10-16-39(33)49-40/h8-24,27-29,51H,25-26H2,1-7H3. The highest BCUT2D eigenvalue weighted by atomic mass is 32.2. The van der Waals surface area contributed by atoms with Crippen LogP contribution < -0.4 is 0 Å². The molecule has 9 rings (SSSR count). The van der Waals surface area contributed by atoms with Crippen LogP contribution in [0.3, 0.4) is 0 Å². The Balaban J connectivity index is 1.06. The van der Waals surface area contributed by atoms with Crippen LogP contribution in [0, 0.1) is 0 Å². The molecule has 0 nitrogen and oxygen atoms in total. The predicted octanol–water partition coefficient (Wildman–Crippen LogP) is 15.2. The average molecular weight is 719 g/mol. The van der Waals surface area contributed by atoms with Crippen molar-refractivity contribution in [3.8, 4) is 11.1 Å². The molecule has 1 unspecified atom stereocenters. The molecule has 0 aliphatic carbocycles. The molecule has 3 heteroatoms. The molecule has 6 aromatic carbocycles. The summed E-state index contributed by atoms with van der Waals surface area (Å²) in [5, 5.41) is 5.62. The van der Waals surface area contributed by atoms with Gasteiger partial charge in [-0.25, -0.2) is 0 Å². The summed E-state index contributed by atoms with van der Waals surface area (Å²) < 4.78 is 5.55. The lowest BCUT2D eigenvalue weighted by molar-refractivity contribution is 0.375. The van der Waals surface area contributed by atoms with Crippen molar-refractivity contribution < 1.29 is 0 Å². The van der Waals surface area contributed by atoms with E-state index in [4.69, 9.17) is 0 Å². The second kappa shape index (κ2) is 11.8. The van der Waals surface area contributed by atoms with E-state index in [1.165, 1.54) is 82.8 Å². The molecule has 1 aliphatic rings. The molecule has 0 N–H and O–H groups in total. The molecule has 0 spiro atoms. The van der Waals surface area contributed by atoms with Crippen molar-refractivity contribution >= 4 is 73.9 Å². The van der Waals surface area contributed by atoms with Gasteiger partial charge in [0.25, 0.3) is 0 Å². The fraction of sp³-hybridized carbons (Fsp3) is 0.250. The molecule has 8 aromatic rings. The van der Waals surface area contributed by atoms with Crippen LogP contribution in [0.25, 0.3) is 51.5 Å². The zero-order valence-electron chi connectivity index (χ0n) is 30.7. The van der Waals surface area contributed by atoms with Gasteiger partial charge >= 0.3 is 0 Å². The molecule has 0 bridgehead atoms. The van der Waals surface area contributed by atoms with Crippen molar-refractivity contribution in [3.63, 3.8) is 0 Å². The summed E-state index contributed by atoms with van der Waals surface area (Å²) >= 11 is 3.86. The molecule has 1 atom stereocenters. The first-order valence-corrected chi connectivity index (χ1v) is 21.3. The van der Waals surface area contributed by atoms with Gasteiger partial charge in [0, 0.05) is 50.1 Å². The number of fused-ring (bicyclic) bond motifs is 9. The topological polar surface area (TPSA) is 0 Å². The van der Waals surface area contributed by atoms with Gasteiger partial charge in [-0.3, -0.25) is 0 Å². The highest BCUT2D eigenvalue weighted by Crippen LogP contribution is 2.63. The first-order chi connectivity index (χ1) is 24.4. The Bertz CT molecular complexity index is 2640. The lowest BCUT2D eigenvalue weighted by atomic mass is 9.72. The van der Waals surface area contributed by atoms with E-state index >= 15 is 0 Å². The summed E-state index contributed by atoms with van der Waals surface area (Å²) in [6.45, 7) is 16.8. The zero-order chi connectivity index (χ0) is 35.3. The van der Waals surface area contributed by atoms with Gasteiger partial charge in [-0.05, 0) is 110 Å². The summed E-state index contributed by atoms with van der Waals surface area (Å²) in [4.78, 5) is 4.47. The van der Waals surface area contributed by atoms with Gasteiger partial charge in [0.2, 0.25) is 0 Å². The van der Waals surface area contributed by atoms with Crippen molar-refractivity contribution in [1.82, 2.24) is 0 Å². The van der Waals surface area contributed by atoms with Crippen LogP contribution >= 0.6 is 33.6 Å². The van der Waals surface area contributed by atoms with Crippen molar-refractivity contribution in [2.45, 2.75) is 92.2 Å². The van der Waals surface area contributed by atoms with Gasteiger partial charge in [0.1, 0.15) is 0 Å². The van der Waals surface area contributed by atoms with Gasteiger partial charge in [0.05, 0.1) is 0 Å². The SMILES string of the molecule is CC(C)(C)c1cccc2sc3cc([SH]4c5ccccc5-c5ccc(C(C)(C)CCC(C)(C)c6ccc7sc8ccccc8c7c6)cc54)ccc3c12. The highest BCUT2D eigenvalue weighted by molar-refractivity contribution is 8.17. The zero-order valence-corrected chi connectivity index (χ0v) is 33.3. The minimum Gasteiger partial charge on any atom is -0.172 e. The van der Waals surface area contributed by atoms with E-state index in [1.807, 2.05) is 22.7 Å². The normalized spacial score (nSPS) is 15.6. The van der Waals surface area contributed by atoms with Crippen LogP contribution in [0.15, 0.2) is 136 Å². The Kier molecular flexibility index (Phi) is 7.64. The summed E-state index contributed by atoms with van der Waals surface area (Å²) in [6, 6.07) is 46.9. The summed E-state index contributed by atoms with van der Waals surface area (Å²) in [5.41, 5.74) is 7.37. The van der Waals surface area contributed by atoms with Gasteiger partial charge in [0.15, 0.2) is 0 Å². The number of thiol groups is 1. The first-order valence-electron chi connectivity index (χ1n) is 18.3. The largest absolute Gasteiger partial charge is 0.172 e. The monoisotopic (exact) mass is 718 g/mol. The Morgan fingerprint density at radius 1 is 0.471 bits per heavy atom. The van der Waals surface area contributed by atoms with E-state index in [2.05, 4.69) is 170 Å². The molecule has 0 fully saturated rings. The number of thiophene rings is 2. The third-order valence-electron chi connectivity index (χ3n) is 11.5. The van der Waals surface area contributed by atoms with E-state index in [-0.39, 0.29) is 16.2 Å². The van der Waals surface area contributed by atoms with Crippen molar-refractivity contribution in [2.24, 2.45) is 0 Å². The number of rotatable bonds is 6. The maximum Gasteiger partial charge on any atom is 0.0366 e. The van der Waals surface area contributed by atoms with Crippen molar-refractivity contribution in [3.05, 3.63) is 138 Å². The molecule has 0 radical (unpaired) electrons. The smallest absolute Gasteiger partial charge is 0.0366 e. The van der Waals surface area contributed by atoms with Crippen molar-refractivity contribution in [2.75, 3.05) is 0 Å². The summed E-state index contributed by atoms with van der Waals surface area (Å²) in [7, 11) is -0.655. The van der Waals surface area contributed by atoms with Crippen LogP contribution in [-0.4, -0.2) is 0 Å². The quantitative estimate of drug-likeness (QED) is 0.163. The van der Waals surface area contributed by atoms with E-state index in [1.54, 1.807) is 0 Å².